The Morgan fingerprint density at radius 1 is 1.13 bits per heavy atom. The highest BCUT2D eigenvalue weighted by Crippen LogP contribution is 2.28. The van der Waals surface area contributed by atoms with Gasteiger partial charge < -0.3 is 0 Å². The van der Waals surface area contributed by atoms with Gasteiger partial charge in [-0.2, -0.15) is 0 Å². The number of nitro benzene ring substituents is 1. The van der Waals surface area contributed by atoms with Crippen LogP contribution < -0.4 is 10.2 Å². The maximum absolute atomic E-state index is 13.0. The van der Waals surface area contributed by atoms with Crippen molar-refractivity contribution in [2.75, 3.05) is 4.90 Å². The predicted octanol–water partition coefficient (Wildman–Crippen LogP) is 3.29. The molecule has 0 spiro atoms. The van der Waals surface area contributed by atoms with Gasteiger partial charge in [-0.3, -0.25) is 34.7 Å². The first-order valence-electron chi connectivity index (χ1n) is 8.95. The number of thiocarbonyl (C=S) groups is 1. The maximum atomic E-state index is 13.0. The molecular formula is C21H12ClN3O5S. The largest absolute Gasteiger partial charge is 0.298 e. The standard InChI is InChI=1S/C21H12ClN3O5S/c22-13-4-7-14(8-5-13)24-20(28)17(19(27)23-21(24)31)9-12-2-1-11-3-6-15(25(29)30)10-16(11)18(12)26/h2-10H,1H2,(H,23,27,31)/b17-9+. The third kappa shape index (κ3) is 3.76. The number of ketones is 1. The van der Waals surface area contributed by atoms with Gasteiger partial charge in [0.05, 0.1) is 10.6 Å². The second-order valence-electron chi connectivity index (χ2n) is 6.73. The zero-order chi connectivity index (χ0) is 22.3. The number of Topliss-reactive ketones (excluding diaryl/α,β-unsaturated/α-hetero) is 1. The number of carbonyl (C=O) groups excluding carboxylic acids is 3. The van der Waals surface area contributed by atoms with Crippen LogP contribution in [0.15, 0.2) is 65.8 Å². The van der Waals surface area contributed by atoms with Crippen molar-refractivity contribution in [2.45, 2.75) is 6.42 Å². The van der Waals surface area contributed by atoms with Gasteiger partial charge >= 0.3 is 0 Å². The van der Waals surface area contributed by atoms with Crippen molar-refractivity contribution in [3.05, 3.63) is 92.0 Å². The van der Waals surface area contributed by atoms with Gasteiger partial charge in [0.15, 0.2) is 10.9 Å². The summed E-state index contributed by atoms with van der Waals surface area (Å²) in [5.74, 6) is -1.95. The molecule has 10 heteroatoms. The third-order valence-electron chi connectivity index (χ3n) is 4.84. The minimum absolute atomic E-state index is 0.0929. The first kappa shape index (κ1) is 20.6. The molecule has 0 atom stereocenters. The Bertz CT molecular complexity index is 1250. The number of anilines is 1. The Hall–Kier alpha value is -3.69. The van der Waals surface area contributed by atoms with Crippen LogP contribution in [0.4, 0.5) is 11.4 Å². The van der Waals surface area contributed by atoms with Crippen molar-refractivity contribution in [2.24, 2.45) is 0 Å². The van der Waals surface area contributed by atoms with Gasteiger partial charge in [0, 0.05) is 28.3 Å². The highest BCUT2D eigenvalue weighted by Gasteiger charge is 2.35. The molecular weight excluding hydrogens is 442 g/mol. The molecule has 31 heavy (non-hydrogen) atoms. The molecule has 2 aliphatic rings. The molecule has 8 nitrogen and oxygen atoms in total. The van der Waals surface area contributed by atoms with Crippen LogP contribution in [-0.2, 0) is 16.0 Å². The Balaban J connectivity index is 1.70. The lowest BCUT2D eigenvalue weighted by molar-refractivity contribution is -0.384. The average Bonchev–Trinajstić information content (AvgIpc) is 2.73. The van der Waals surface area contributed by atoms with Crippen LogP contribution in [0.5, 0.6) is 0 Å². The van der Waals surface area contributed by atoms with E-state index in [0.29, 0.717) is 22.7 Å². The second-order valence-corrected chi connectivity index (χ2v) is 7.55. The Morgan fingerprint density at radius 3 is 2.52 bits per heavy atom. The lowest BCUT2D eigenvalue weighted by Crippen LogP contribution is -2.54. The summed E-state index contributed by atoms with van der Waals surface area (Å²) in [5, 5.41) is 13.8. The monoisotopic (exact) mass is 453 g/mol. The van der Waals surface area contributed by atoms with E-state index in [2.05, 4.69) is 5.32 Å². The summed E-state index contributed by atoms with van der Waals surface area (Å²) >= 11 is 11.0. The molecule has 0 bridgehead atoms. The summed E-state index contributed by atoms with van der Waals surface area (Å²) in [7, 11) is 0. The number of non-ortho nitro benzene ring substituents is 1. The van der Waals surface area contributed by atoms with Gasteiger partial charge in [-0.1, -0.05) is 23.7 Å². The molecule has 0 saturated carbocycles. The van der Waals surface area contributed by atoms with Gasteiger partial charge in [-0.05, 0) is 54.5 Å². The normalized spacial score (nSPS) is 17.4. The summed E-state index contributed by atoms with van der Waals surface area (Å²) in [6.45, 7) is 0. The molecule has 0 aromatic heterocycles. The molecule has 2 aromatic carbocycles. The molecule has 1 heterocycles. The number of halogens is 1. The fraction of sp³-hybridized carbons (Fsp3) is 0.0476. The van der Waals surface area contributed by atoms with E-state index >= 15 is 0 Å². The van der Waals surface area contributed by atoms with E-state index in [-0.39, 0.29) is 27.5 Å². The summed E-state index contributed by atoms with van der Waals surface area (Å²) < 4.78 is 0. The fourth-order valence-electron chi connectivity index (χ4n) is 3.30. The van der Waals surface area contributed by atoms with Crippen LogP contribution >= 0.6 is 23.8 Å². The number of hydrogen-bond donors (Lipinski definition) is 1. The van der Waals surface area contributed by atoms with Crippen LogP contribution in [0.25, 0.3) is 0 Å². The van der Waals surface area contributed by atoms with Gasteiger partial charge in [0.2, 0.25) is 0 Å². The van der Waals surface area contributed by atoms with Gasteiger partial charge in [0.25, 0.3) is 17.5 Å². The van der Waals surface area contributed by atoms with E-state index in [9.17, 15) is 24.5 Å². The SMILES string of the molecule is O=C1NC(=S)N(c2ccc(Cl)cc2)C(=O)/C1=C/C1=CCc2ccc([N+](=O)[O-])cc2C1=O. The van der Waals surface area contributed by atoms with Crippen LogP contribution in [0.3, 0.4) is 0 Å². The number of allylic oxidation sites excluding steroid dienone is 3. The van der Waals surface area contributed by atoms with E-state index in [1.54, 1.807) is 30.3 Å². The molecule has 1 N–H and O–H groups in total. The van der Waals surface area contributed by atoms with E-state index in [4.69, 9.17) is 23.8 Å². The summed E-state index contributed by atoms with van der Waals surface area (Å²) in [6.07, 6.45) is 3.09. The molecule has 2 aromatic rings. The Morgan fingerprint density at radius 2 is 1.84 bits per heavy atom. The number of rotatable bonds is 3. The van der Waals surface area contributed by atoms with Crippen molar-refractivity contribution in [1.82, 2.24) is 5.32 Å². The Kier molecular flexibility index (Phi) is 5.22. The number of carbonyl (C=O) groups is 3. The molecule has 1 aliphatic heterocycles. The molecule has 1 aliphatic carbocycles. The number of fused-ring (bicyclic) bond motifs is 1. The molecule has 0 unspecified atom stereocenters. The van der Waals surface area contributed by atoms with Gasteiger partial charge in [-0.25, -0.2) is 0 Å². The van der Waals surface area contributed by atoms with Crippen molar-refractivity contribution in [3.8, 4) is 0 Å². The third-order valence-corrected chi connectivity index (χ3v) is 5.38. The number of benzene rings is 2. The Labute approximate surface area is 185 Å². The highest BCUT2D eigenvalue weighted by atomic mass is 35.5. The topological polar surface area (TPSA) is 110 Å². The first-order valence-corrected chi connectivity index (χ1v) is 9.74. The van der Waals surface area contributed by atoms with Gasteiger partial charge in [-0.15, -0.1) is 0 Å². The predicted molar refractivity (Wildman–Crippen MR) is 117 cm³/mol. The number of hydrogen-bond acceptors (Lipinski definition) is 6. The summed E-state index contributed by atoms with van der Waals surface area (Å²) in [5.41, 5.74) is 0.785. The quantitative estimate of drug-likeness (QED) is 0.251. The van der Waals surface area contributed by atoms with Crippen LogP contribution in [0.2, 0.25) is 5.02 Å². The molecule has 2 amide bonds. The average molecular weight is 454 g/mol. The van der Waals surface area contributed by atoms with E-state index in [0.717, 1.165) is 4.90 Å². The number of nitrogens with zero attached hydrogens (tertiary/aromatic N) is 2. The number of nitrogens with one attached hydrogen (secondary N) is 1. The molecule has 154 valence electrons. The molecule has 0 radical (unpaired) electrons. The summed E-state index contributed by atoms with van der Waals surface area (Å²) in [4.78, 5) is 50.0. The van der Waals surface area contributed by atoms with E-state index in [1.165, 1.54) is 24.3 Å². The smallest absolute Gasteiger partial charge is 0.270 e. The van der Waals surface area contributed by atoms with E-state index in [1.807, 2.05) is 0 Å². The second kappa shape index (κ2) is 7.86. The molecule has 1 saturated heterocycles. The van der Waals surface area contributed by atoms with Crippen molar-refractivity contribution in [1.29, 1.82) is 0 Å². The van der Waals surface area contributed by atoms with Crippen LogP contribution in [0, 0.1) is 10.1 Å². The zero-order valence-corrected chi connectivity index (χ0v) is 17.2. The number of nitro groups is 1. The van der Waals surface area contributed by atoms with Crippen LogP contribution in [0.1, 0.15) is 15.9 Å². The van der Waals surface area contributed by atoms with Crippen molar-refractivity contribution >= 4 is 57.9 Å². The molecule has 1 fully saturated rings. The van der Waals surface area contributed by atoms with Crippen molar-refractivity contribution < 1.29 is 19.3 Å². The molecule has 4 rings (SSSR count). The van der Waals surface area contributed by atoms with E-state index < -0.39 is 22.5 Å². The lowest BCUT2D eigenvalue weighted by atomic mass is 9.88. The minimum atomic E-state index is -0.737. The first-order chi connectivity index (χ1) is 14.8. The zero-order valence-electron chi connectivity index (χ0n) is 15.6. The number of amides is 2. The maximum Gasteiger partial charge on any atom is 0.270 e. The van der Waals surface area contributed by atoms with Crippen LogP contribution in [-0.4, -0.2) is 27.6 Å². The highest BCUT2D eigenvalue weighted by molar-refractivity contribution is 7.80. The summed E-state index contributed by atoms with van der Waals surface area (Å²) in [6, 6.07) is 10.3. The van der Waals surface area contributed by atoms with Gasteiger partial charge in [0.1, 0.15) is 5.57 Å². The minimum Gasteiger partial charge on any atom is -0.298 e. The fourth-order valence-corrected chi connectivity index (χ4v) is 3.70. The lowest BCUT2D eigenvalue weighted by Gasteiger charge is -2.29. The van der Waals surface area contributed by atoms with Crippen molar-refractivity contribution in [3.63, 3.8) is 0 Å².